The summed E-state index contributed by atoms with van der Waals surface area (Å²) in [6.45, 7) is 7.74. The number of hydrogen-bond donors (Lipinski definition) is 1. The molecular weight excluding hydrogens is 336 g/mol. The fourth-order valence-corrected chi connectivity index (χ4v) is 2.87. The topological polar surface area (TPSA) is 49.4 Å². The molecular formula is C23H30N2O2. The van der Waals surface area contributed by atoms with Gasteiger partial charge < -0.3 is 10.2 Å². The number of rotatable bonds is 9. The second kappa shape index (κ2) is 10.5. The third-order valence-corrected chi connectivity index (χ3v) is 4.62. The molecule has 0 unspecified atom stereocenters. The number of nitrogens with one attached hydrogen (secondary N) is 1. The lowest BCUT2D eigenvalue weighted by atomic mass is 10.1. The summed E-state index contributed by atoms with van der Waals surface area (Å²) < 4.78 is 0. The van der Waals surface area contributed by atoms with Gasteiger partial charge in [0.2, 0.25) is 0 Å². The van der Waals surface area contributed by atoms with E-state index in [1.807, 2.05) is 42.2 Å². The van der Waals surface area contributed by atoms with E-state index in [9.17, 15) is 9.59 Å². The highest BCUT2D eigenvalue weighted by Gasteiger charge is 2.17. The number of carbonyl (C=O) groups excluding carboxylic acids is 2. The van der Waals surface area contributed by atoms with Crippen LogP contribution in [0.1, 0.15) is 65.8 Å². The molecule has 2 amide bonds. The Hall–Kier alpha value is -2.62. The molecule has 1 N–H and O–H groups in total. The van der Waals surface area contributed by atoms with Crippen LogP contribution in [0, 0.1) is 6.92 Å². The summed E-state index contributed by atoms with van der Waals surface area (Å²) in [5.74, 6) is -0.135. The van der Waals surface area contributed by atoms with Crippen LogP contribution in [-0.4, -0.2) is 29.8 Å². The van der Waals surface area contributed by atoms with Crippen molar-refractivity contribution in [3.63, 3.8) is 0 Å². The predicted octanol–water partition coefficient (Wildman–Crippen LogP) is 5.29. The van der Waals surface area contributed by atoms with Crippen LogP contribution in [0.3, 0.4) is 0 Å². The minimum Gasteiger partial charge on any atom is -0.339 e. The van der Waals surface area contributed by atoms with Gasteiger partial charge in [0, 0.05) is 29.9 Å². The van der Waals surface area contributed by atoms with Gasteiger partial charge in [0.25, 0.3) is 11.8 Å². The van der Waals surface area contributed by atoms with Crippen molar-refractivity contribution in [2.45, 2.75) is 46.5 Å². The average Bonchev–Trinajstić information content (AvgIpc) is 2.70. The van der Waals surface area contributed by atoms with E-state index in [0.29, 0.717) is 16.8 Å². The van der Waals surface area contributed by atoms with Crippen molar-refractivity contribution < 1.29 is 9.59 Å². The number of carbonyl (C=O) groups is 2. The molecule has 0 fully saturated rings. The number of hydrogen-bond acceptors (Lipinski definition) is 2. The monoisotopic (exact) mass is 366 g/mol. The molecule has 0 radical (unpaired) electrons. The molecule has 0 aliphatic rings. The van der Waals surface area contributed by atoms with Crippen molar-refractivity contribution in [3.05, 3.63) is 65.2 Å². The van der Waals surface area contributed by atoms with E-state index in [1.165, 1.54) is 0 Å². The summed E-state index contributed by atoms with van der Waals surface area (Å²) >= 11 is 0. The van der Waals surface area contributed by atoms with Crippen molar-refractivity contribution >= 4 is 17.5 Å². The fraction of sp³-hybridized carbons (Fsp3) is 0.391. The molecule has 2 aromatic carbocycles. The normalized spacial score (nSPS) is 10.5. The Kier molecular flexibility index (Phi) is 8.05. The smallest absolute Gasteiger partial charge is 0.255 e. The van der Waals surface area contributed by atoms with E-state index < -0.39 is 0 Å². The first-order valence-corrected chi connectivity index (χ1v) is 9.83. The van der Waals surface area contributed by atoms with Gasteiger partial charge in [-0.15, -0.1) is 0 Å². The molecule has 0 aliphatic carbocycles. The summed E-state index contributed by atoms with van der Waals surface area (Å²) in [4.78, 5) is 27.4. The van der Waals surface area contributed by atoms with Crippen LogP contribution in [-0.2, 0) is 0 Å². The molecule has 0 heterocycles. The van der Waals surface area contributed by atoms with Gasteiger partial charge in [-0.3, -0.25) is 9.59 Å². The minimum absolute atomic E-state index is 0.0344. The molecule has 0 saturated heterocycles. The molecule has 0 aromatic heterocycles. The van der Waals surface area contributed by atoms with E-state index in [4.69, 9.17) is 0 Å². The highest BCUT2D eigenvalue weighted by Crippen LogP contribution is 2.20. The van der Waals surface area contributed by atoms with Crippen LogP contribution in [0.4, 0.5) is 5.69 Å². The predicted molar refractivity (Wildman–Crippen MR) is 111 cm³/mol. The fourth-order valence-electron chi connectivity index (χ4n) is 2.87. The number of benzene rings is 2. The zero-order valence-electron chi connectivity index (χ0n) is 16.6. The van der Waals surface area contributed by atoms with E-state index in [1.54, 1.807) is 18.2 Å². The largest absolute Gasteiger partial charge is 0.339 e. The first-order valence-electron chi connectivity index (χ1n) is 9.83. The molecule has 0 atom stereocenters. The van der Waals surface area contributed by atoms with E-state index in [-0.39, 0.29) is 11.8 Å². The maximum absolute atomic E-state index is 13.0. The maximum Gasteiger partial charge on any atom is 0.255 e. The Morgan fingerprint density at radius 1 is 0.889 bits per heavy atom. The van der Waals surface area contributed by atoms with Gasteiger partial charge in [-0.25, -0.2) is 0 Å². The van der Waals surface area contributed by atoms with Crippen molar-refractivity contribution in [1.82, 2.24) is 4.90 Å². The van der Waals surface area contributed by atoms with Gasteiger partial charge in [0.05, 0.1) is 0 Å². The zero-order chi connectivity index (χ0) is 19.6. The van der Waals surface area contributed by atoms with Gasteiger partial charge in [-0.05, 0) is 49.6 Å². The lowest BCUT2D eigenvalue weighted by molar-refractivity contribution is 0.0750. The van der Waals surface area contributed by atoms with Gasteiger partial charge in [0.1, 0.15) is 0 Å². The minimum atomic E-state index is -0.169. The second-order valence-electron chi connectivity index (χ2n) is 6.85. The van der Waals surface area contributed by atoms with E-state index in [2.05, 4.69) is 19.2 Å². The summed E-state index contributed by atoms with van der Waals surface area (Å²) in [5.41, 5.74) is 2.84. The first kappa shape index (κ1) is 20.7. The van der Waals surface area contributed by atoms with Crippen LogP contribution in [0.15, 0.2) is 48.5 Å². The molecule has 27 heavy (non-hydrogen) atoms. The van der Waals surface area contributed by atoms with Crippen LogP contribution >= 0.6 is 0 Å². The molecule has 0 spiro atoms. The van der Waals surface area contributed by atoms with Crippen molar-refractivity contribution in [2.24, 2.45) is 0 Å². The van der Waals surface area contributed by atoms with Gasteiger partial charge in [-0.1, -0.05) is 51.0 Å². The number of nitrogens with zero attached hydrogens (tertiary/aromatic N) is 1. The highest BCUT2D eigenvalue weighted by molar-refractivity contribution is 6.05. The number of anilines is 1. The average molecular weight is 367 g/mol. The molecule has 4 nitrogen and oxygen atoms in total. The first-order chi connectivity index (χ1) is 13.1. The molecule has 2 aromatic rings. The van der Waals surface area contributed by atoms with Crippen molar-refractivity contribution in [1.29, 1.82) is 0 Å². The lowest BCUT2D eigenvalue weighted by Gasteiger charge is -2.23. The Balaban J connectivity index is 2.18. The van der Waals surface area contributed by atoms with Gasteiger partial charge in [-0.2, -0.15) is 0 Å². The lowest BCUT2D eigenvalue weighted by Crippen LogP contribution is -2.33. The van der Waals surface area contributed by atoms with Crippen LogP contribution in [0.2, 0.25) is 0 Å². The van der Waals surface area contributed by atoms with E-state index in [0.717, 1.165) is 44.3 Å². The third-order valence-electron chi connectivity index (χ3n) is 4.62. The second-order valence-corrected chi connectivity index (χ2v) is 6.85. The van der Waals surface area contributed by atoms with Gasteiger partial charge >= 0.3 is 0 Å². The van der Waals surface area contributed by atoms with Crippen molar-refractivity contribution in [2.75, 3.05) is 18.4 Å². The van der Waals surface area contributed by atoms with Crippen LogP contribution < -0.4 is 5.32 Å². The van der Waals surface area contributed by atoms with Crippen LogP contribution in [0.25, 0.3) is 0 Å². The summed E-state index contributed by atoms with van der Waals surface area (Å²) in [5, 5.41) is 2.94. The number of aryl methyl sites for hydroxylation is 1. The van der Waals surface area contributed by atoms with Crippen LogP contribution in [0.5, 0.6) is 0 Å². The zero-order valence-corrected chi connectivity index (χ0v) is 16.6. The van der Waals surface area contributed by atoms with Gasteiger partial charge in [0.15, 0.2) is 0 Å². The Labute approximate surface area is 162 Å². The Morgan fingerprint density at radius 3 is 2.11 bits per heavy atom. The quantitative estimate of drug-likeness (QED) is 0.655. The maximum atomic E-state index is 13.0. The number of amides is 2. The Bertz CT molecular complexity index is 748. The molecule has 0 aliphatic heterocycles. The summed E-state index contributed by atoms with van der Waals surface area (Å²) in [6, 6.07) is 14.6. The summed E-state index contributed by atoms with van der Waals surface area (Å²) in [7, 11) is 0. The van der Waals surface area contributed by atoms with Crippen molar-refractivity contribution in [3.8, 4) is 0 Å². The molecule has 2 rings (SSSR count). The standard InChI is InChI=1S/C23H30N2O2/c1-4-6-15-25(16-7-5-2)23(27)20-14-13-18(3)21(17-20)24-22(26)19-11-9-8-10-12-19/h8-14,17H,4-7,15-16H2,1-3H3,(H,24,26). The molecule has 144 valence electrons. The number of unbranched alkanes of at least 4 members (excludes halogenated alkanes) is 2. The summed E-state index contributed by atoms with van der Waals surface area (Å²) in [6.07, 6.45) is 4.11. The molecule has 0 saturated carbocycles. The third kappa shape index (κ3) is 5.95. The SMILES string of the molecule is CCCCN(CCCC)C(=O)c1ccc(C)c(NC(=O)c2ccccc2)c1. The Morgan fingerprint density at radius 2 is 1.52 bits per heavy atom. The van der Waals surface area contributed by atoms with E-state index >= 15 is 0 Å². The highest BCUT2D eigenvalue weighted by atomic mass is 16.2. The molecule has 0 bridgehead atoms. The molecule has 4 heteroatoms.